The fourth-order valence-corrected chi connectivity index (χ4v) is 10.7. The molecular formula is C70H129NO10. The molecule has 0 aromatic heterocycles. The van der Waals surface area contributed by atoms with E-state index in [-0.39, 0.29) is 18.5 Å². The third-order valence-electron chi connectivity index (χ3n) is 16.1. The van der Waals surface area contributed by atoms with E-state index in [2.05, 4.69) is 55.6 Å². The summed E-state index contributed by atoms with van der Waals surface area (Å²) < 4.78 is 16.7. The van der Waals surface area contributed by atoms with Crippen LogP contribution in [0.4, 0.5) is 0 Å². The van der Waals surface area contributed by atoms with Crippen LogP contribution in [0.1, 0.15) is 322 Å². The number of hydrogen-bond donors (Lipinski definition) is 6. The molecule has 7 unspecified atom stereocenters. The number of esters is 1. The van der Waals surface area contributed by atoms with Crippen LogP contribution in [0.25, 0.3) is 0 Å². The highest BCUT2D eigenvalue weighted by Crippen LogP contribution is 2.23. The van der Waals surface area contributed by atoms with Gasteiger partial charge in [0.25, 0.3) is 0 Å². The quantitative estimate of drug-likeness (QED) is 0.0195. The largest absolute Gasteiger partial charge is 0.466 e. The summed E-state index contributed by atoms with van der Waals surface area (Å²) >= 11 is 0. The van der Waals surface area contributed by atoms with Crippen molar-refractivity contribution in [2.45, 2.75) is 365 Å². The molecule has 6 N–H and O–H groups in total. The van der Waals surface area contributed by atoms with Gasteiger partial charge in [-0.25, -0.2) is 0 Å². The van der Waals surface area contributed by atoms with Gasteiger partial charge in [0.2, 0.25) is 5.91 Å². The van der Waals surface area contributed by atoms with Crippen LogP contribution in [0.3, 0.4) is 0 Å². The monoisotopic (exact) mass is 1140 g/mol. The summed E-state index contributed by atoms with van der Waals surface area (Å²) in [5, 5.41) is 54.5. The first-order chi connectivity index (χ1) is 39.7. The molecule has 11 heteroatoms. The summed E-state index contributed by atoms with van der Waals surface area (Å²) in [6.45, 7) is 4.33. The fourth-order valence-electron chi connectivity index (χ4n) is 10.7. The summed E-state index contributed by atoms with van der Waals surface area (Å²) in [6.07, 6.45) is 66.6. The molecular weight excluding hydrogens is 1010 g/mol. The molecule has 0 aromatic carbocycles. The first-order valence-corrected chi connectivity index (χ1v) is 34.4. The number of rotatable bonds is 60. The normalized spacial score (nSPS) is 18.5. The summed E-state index contributed by atoms with van der Waals surface area (Å²) in [4.78, 5) is 25.1. The zero-order chi connectivity index (χ0) is 58.7. The number of carbonyl (C=O) groups is 2. The van der Waals surface area contributed by atoms with Crippen LogP contribution in [-0.4, -0.2) is 100 Å². The Morgan fingerprint density at radius 2 is 0.802 bits per heavy atom. The zero-order valence-electron chi connectivity index (χ0n) is 52.5. The third kappa shape index (κ3) is 48.5. The van der Waals surface area contributed by atoms with Crippen molar-refractivity contribution in [2.75, 3.05) is 19.8 Å². The number of ether oxygens (including phenoxy) is 3. The van der Waals surface area contributed by atoms with Crippen molar-refractivity contribution in [3.63, 3.8) is 0 Å². The first-order valence-electron chi connectivity index (χ1n) is 34.4. The minimum atomic E-state index is -1.58. The highest BCUT2D eigenvalue weighted by molar-refractivity contribution is 5.76. The molecule has 0 aliphatic carbocycles. The van der Waals surface area contributed by atoms with E-state index in [1.165, 1.54) is 225 Å². The molecule has 1 aliphatic rings. The average molecular weight is 1140 g/mol. The molecule has 474 valence electrons. The predicted octanol–water partition coefficient (Wildman–Crippen LogP) is 17.2. The Kier molecular flexibility index (Phi) is 56.2. The van der Waals surface area contributed by atoms with E-state index in [9.17, 15) is 35.1 Å². The summed E-state index contributed by atoms with van der Waals surface area (Å²) in [5.41, 5.74) is 0. The Morgan fingerprint density at radius 1 is 0.444 bits per heavy atom. The highest BCUT2D eigenvalue weighted by atomic mass is 16.7. The molecule has 1 heterocycles. The van der Waals surface area contributed by atoms with E-state index in [1.54, 1.807) is 6.08 Å². The molecule has 1 aliphatic heterocycles. The number of aliphatic hydroxyl groups is 5. The standard InChI is InChI=1S/C70H129NO10/c1-3-5-7-9-11-13-15-16-30-33-37-40-44-48-52-56-63(73)62(61-80-70-69(78)68(77)67(76)64(60-72)81-70)71-65(74)57-53-49-45-41-38-34-31-28-26-24-22-20-18-17-19-21-23-25-27-29-32-35-39-43-47-51-55-59-79-66(75)58-54-50-46-42-36-14-12-10-8-6-4-2/h15-18,37,40,52,56,62-64,67-70,72-73,76-78H,3-14,19-36,38-39,41-51,53-55,57-61H2,1-2H3,(H,71,74)/b16-15+,18-17-,40-37+,56-52+. The van der Waals surface area contributed by atoms with E-state index in [0.29, 0.717) is 19.4 Å². The van der Waals surface area contributed by atoms with Gasteiger partial charge < -0.3 is 45.1 Å². The van der Waals surface area contributed by atoms with Crippen LogP contribution in [0.2, 0.25) is 0 Å². The number of hydrogen-bond acceptors (Lipinski definition) is 10. The van der Waals surface area contributed by atoms with Crippen LogP contribution < -0.4 is 5.32 Å². The highest BCUT2D eigenvalue weighted by Gasteiger charge is 2.44. The maximum absolute atomic E-state index is 13.1. The number of aliphatic hydroxyl groups excluding tert-OH is 5. The Bertz CT molecular complexity index is 1480. The smallest absolute Gasteiger partial charge is 0.305 e. The lowest BCUT2D eigenvalue weighted by Crippen LogP contribution is -2.60. The second-order valence-electron chi connectivity index (χ2n) is 23.9. The molecule has 0 spiro atoms. The number of amides is 1. The lowest BCUT2D eigenvalue weighted by atomic mass is 9.99. The Labute approximate surface area is 497 Å². The van der Waals surface area contributed by atoms with Crippen LogP contribution in [0.5, 0.6) is 0 Å². The van der Waals surface area contributed by atoms with Crippen molar-refractivity contribution in [3.8, 4) is 0 Å². The predicted molar refractivity (Wildman–Crippen MR) is 338 cm³/mol. The molecule has 0 bridgehead atoms. The molecule has 81 heavy (non-hydrogen) atoms. The van der Waals surface area contributed by atoms with Gasteiger partial charge in [-0.15, -0.1) is 0 Å². The molecule has 1 saturated heterocycles. The maximum Gasteiger partial charge on any atom is 0.305 e. The average Bonchev–Trinajstić information content (AvgIpc) is 3.50. The minimum absolute atomic E-state index is 0.00469. The van der Waals surface area contributed by atoms with Gasteiger partial charge in [-0.2, -0.15) is 0 Å². The molecule has 7 atom stereocenters. The third-order valence-corrected chi connectivity index (χ3v) is 16.1. The van der Waals surface area contributed by atoms with Crippen molar-refractivity contribution >= 4 is 11.9 Å². The first kappa shape index (κ1) is 76.6. The topological polar surface area (TPSA) is 175 Å². The van der Waals surface area contributed by atoms with E-state index in [0.717, 1.165) is 70.6 Å². The van der Waals surface area contributed by atoms with Crippen molar-refractivity contribution in [1.29, 1.82) is 0 Å². The number of carbonyl (C=O) groups excluding carboxylic acids is 2. The van der Waals surface area contributed by atoms with Crippen molar-refractivity contribution in [1.82, 2.24) is 5.32 Å². The van der Waals surface area contributed by atoms with Gasteiger partial charge in [0.1, 0.15) is 24.4 Å². The van der Waals surface area contributed by atoms with Crippen molar-refractivity contribution < 1.29 is 49.3 Å². The maximum atomic E-state index is 13.1. The molecule has 1 amide bonds. The van der Waals surface area contributed by atoms with E-state index >= 15 is 0 Å². The molecule has 1 rings (SSSR count). The Balaban J connectivity index is 2.04. The molecule has 0 radical (unpaired) electrons. The van der Waals surface area contributed by atoms with Crippen LogP contribution in [0, 0.1) is 0 Å². The van der Waals surface area contributed by atoms with Crippen LogP contribution in [-0.2, 0) is 23.8 Å². The second-order valence-corrected chi connectivity index (χ2v) is 23.9. The van der Waals surface area contributed by atoms with Crippen molar-refractivity contribution in [2.24, 2.45) is 0 Å². The van der Waals surface area contributed by atoms with Crippen molar-refractivity contribution in [3.05, 3.63) is 48.6 Å². The Hall–Kier alpha value is -2.38. The van der Waals surface area contributed by atoms with Crippen LogP contribution >= 0.6 is 0 Å². The van der Waals surface area contributed by atoms with E-state index in [4.69, 9.17) is 14.2 Å². The summed E-state index contributed by atoms with van der Waals surface area (Å²) in [5.74, 6) is -0.192. The fraction of sp³-hybridized carbons (Fsp3) is 0.857. The molecule has 0 aromatic rings. The zero-order valence-corrected chi connectivity index (χ0v) is 52.5. The molecule has 0 saturated carbocycles. The molecule has 1 fully saturated rings. The minimum Gasteiger partial charge on any atom is -0.466 e. The van der Waals surface area contributed by atoms with Crippen LogP contribution in [0.15, 0.2) is 48.6 Å². The lowest BCUT2D eigenvalue weighted by Gasteiger charge is -2.40. The van der Waals surface area contributed by atoms with E-state index in [1.807, 2.05) is 6.08 Å². The van der Waals surface area contributed by atoms with Gasteiger partial charge in [-0.1, -0.05) is 274 Å². The van der Waals surface area contributed by atoms with Gasteiger partial charge in [0.05, 0.1) is 32.0 Å². The lowest BCUT2D eigenvalue weighted by molar-refractivity contribution is -0.302. The number of nitrogens with one attached hydrogen (secondary N) is 1. The SMILES string of the molecule is CCCCCCC/C=C/CC/C=C/CC/C=C/C(O)C(COC1OC(CO)C(O)C(O)C1O)NC(=O)CCCCCCCCCCCCC/C=C\CCCCCCCCCCCCCCOC(=O)CCCCCCCCCCCCC. The van der Waals surface area contributed by atoms with Gasteiger partial charge in [-0.05, 0) is 83.5 Å². The van der Waals surface area contributed by atoms with Gasteiger partial charge in [-0.3, -0.25) is 9.59 Å². The number of allylic oxidation sites excluding steroid dienone is 7. The Morgan fingerprint density at radius 3 is 1.22 bits per heavy atom. The summed E-state index contributed by atoms with van der Waals surface area (Å²) in [7, 11) is 0. The number of unbranched alkanes of at least 4 members (excludes halogenated alkanes) is 40. The second kappa shape index (κ2) is 59.4. The summed E-state index contributed by atoms with van der Waals surface area (Å²) in [6, 6.07) is -0.836. The van der Waals surface area contributed by atoms with Gasteiger partial charge in [0.15, 0.2) is 6.29 Å². The molecule has 11 nitrogen and oxygen atoms in total. The van der Waals surface area contributed by atoms with E-state index < -0.39 is 49.5 Å². The van der Waals surface area contributed by atoms with Gasteiger partial charge >= 0.3 is 5.97 Å². The van der Waals surface area contributed by atoms with Gasteiger partial charge in [0, 0.05) is 12.8 Å².